The molecule has 0 unspecified atom stereocenters. The van der Waals surface area contributed by atoms with Crippen molar-refractivity contribution in [1.82, 2.24) is 29.2 Å². The minimum Gasteiger partial charge on any atom is -0.337 e. The summed E-state index contributed by atoms with van der Waals surface area (Å²) in [5.41, 5.74) is 5.40. The van der Waals surface area contributed by atoms with Gasteiger partial charge in [-0.25, -0.2) is 4.98 Å². The van der Waals surface area contributed by atoms with Crippen molar-refractivity contribution in [3.8, 4) is 0 Å². The maximum Gasteiger partial charge on any atom is 0.247 e. The van der Waals surface area contributed by atoms with Crippen LogP contribution >= 0.6 is 27.5 Å². The molecule has 6 rings (SSSR count). The third-order valence-corrected chi connectivity index (χ3v) is 9.95. The number of hydrogen-bond donors (Lipinski definition) is 0. The zero-order valence-corrected chi connectivity index (χ0v) is 30.3. The molecule has 8 nitrogen and oxygen atoms in total. The molecule has 0 N–H and O–H groups in total. The largest absolute Gasteiger partial charge is 0.337 e. The summed E-state index contributed by atoms with van der Waals surface area (Å²) in [6.45, 7) is 9.51. The fraction of sp³-hybridized carbons (Fsp3) is 0.421. The average Bonchev–Trinajstić information content (AvgIpc) is 3.52. The van der Waals surface area contributed by atoms with Crippen molar-refractivity contribution in [3.05, 3.63) is 117 Å². The molecule has 0 spiro atoms. The van der Waals surface area contributed by atoms with E-state index < -0.39 is 6.04 Å². The summed E-state index contributed by atoms with van der Waals surface area (Å²) < 4.78 is 2.98. The van der Waals surface area contributed by atoms with Gasteiger partial charge in [-0.05, 0) is 81.1 Å². The first-order valence-electron chi connectivity index (χ1n) is 16.8. The van der Waals surface area contributed by atoms with Gasteiger partial charge in [0.2, 0.25) is 11.8 Å². The minimum absolute atomic E-state index is 0.0223. The second kappa shape index (κ2) is 14.9. The first kappa shape index (κ1) is 34.3. The second-order valence-corrected chi connectivity index (χ2v) is 15.5. The Labute approximate surface area is 297 Å². The Morgan fingerprint density at radius 3 is 2.58 bits per heavy atom. The number of halogens is 2. The van der Waals surface area contributed by atoms with E-state index in [-0.39, 0.29) is 23.3 Å². The summed E-state index contributed by atoms with van der Waals surface area (Å²) in [7, 11) is 0. The molecule has 0 saturated carbocycles. The van der Waals surface area contributed by atoms with Crippen LogP contribution in [0.15, 0.2) is 84.0 Å². The second-order valence-electron chi connectivity index (χ2n) is 14.2. The summed E-state index contributed by atoms with van der Waals surface area (Å²) in [4.78, 5) is 44.2. The Kier molecular flexibility index (Phi) is 10.7. The molecule has 1 saturated heterocycles. The molecule has 10 heteroatoms. The van der Waals surface area contributed by atoms with E-state index in [9.17, 15) is 9.59 Å². The maximum atomic E-state index is 14.9. The van der Waals surface area contributed by atoms with Gasteiger partial charge >= 0.3 is 0 Å². The lowest BCUT2D eigenvalue weighted by Gasteiger charge is -2.45. The van der Waals surface area contributed by atoms with Crippen molar-refractivity contribution in [3.63, 3.8) is 0 Å². The van der Waals surface area contributed by atoms with Crippen molar-refractivity contribution in [2.75, 3.05) is 26.2 Å². The lowest BCUT2D eigenvalue weighted by Crippen LogP contribution is -2.62. The van der Waals surface area contributed by atoms with Crippen molar-refractivity contribution < 1.29 is 9.59 Å². The number of hydrogen-bond acceptors (Lipinski definition) is 5. The van der Waals surface area contributed by atoms with Crippen molar-refractivity contribution in [2.45, 2.75) is 71.6 Å². The topological polar surface area (TPSA) is 74.6 Å². The number of pyridine rings is 1. The van der Waals surface area contributed by atoms with Crippen molar-refractivity contribution in [2.24, 2.45) is 5.41 Å². The Morgan fingerprint density at radius 1 is 1.04 bits per heavy atom. The lowest BCUT2D eigenvalue weighted by molar-refractivity contribution is -0.151. The number of carbonyl (C=O) groups is 2. The molecule has 1 aliphatic carbocycles. The maximum absolute atomic E-state index is 14.9. The van der Waals surface area contributed by atoms with Crippen LogP contribution in [0.25, 0.3) is 0 Å². The number of amides is 2. The Bertz CT molecular complexity index is 1670. The van der Waals surface area contributed by atoms with E-state index >= 15 is 0 Å². The molecule has 2 aromatic carbocycles. The summed E-state index contributed by atoms with van der Waals surface area (Å²) in [5.74, 6) is -0.000496. The summed E-state index contributed by atoms with van der Waals surface area (Å²) >= 11 is 10.1. The molecule has 2 atom stereocenters. The number of benzene rings is 2. The van der Waals surface area contributed by atoms with E-state index in [1.54, 1.807) is 12.5 Å². The SMILES string of the molecule is CC(C)(C)CC(=O)N1CCN([C@H]2c3ccc(Cl)cc3CCc3cc(Br)cnc32)C[C@@H]1C(=O)N(CCCn1ccnc1)Cc1ccccc1. The zero-order valence-electron chi connectivity index (χ0n) is 28.0. The van der Waals surface area contributed by atoms with E-state index in [0.717, 1.165) is 47.1 Å². The van der Waals surface area contributed by atoms with Gasteiger partial charge in [0.05, 0.1) is 18.1 Å². The van der Waals surface area contributed by atoms with Gasteiger partial charge in [0.25, 0.3) is 0 Å². The highest BCUT2D eigenvalue weighted by Gasteiger charge is 2.42. The molecule has 1 fully saturated rings. The van der Waals surface area contributed by atoms with Crippen LogP contribution in [0.1, 0.15) is 67.6 Å². The Morgan fingerprint density at radius 2 is 1.83 bits per heavy atom. The Balaban J connectivity index is 1.36. The quantitative estimate of drug-likeness (QED) is 0.186. The third kappa shape index (κ3) is 8.18. The molecule has 2 aliphatic rings. The fourth-order valence-corrected chi connectivity index (χ4v) is 7.60. The summed E-state index contributed by atoms with van der Waals surface area (Å²) in [5, 5.41) is 0.713. The van der Waals surface area contributed by atoms with Gasteiger partial charge in [0, 0.05) is 73.8 Å². The predicted molar refractivity (Wildman–Crippen MR) is 192 cm³/mol. The highest BCUT2D eigenvalue weighted by molar-refractivity contribution is 9.10. The van der Waals surface area contributed by atoms with Gasteiger partial charge in [-0.3, -0.25) is 19.5 Å². The van der Waals surface area contributed by atoms with Crippen LogP contribution in [-0.2, 0) is 35.5 Å². The van der Waals surface area contributed by atoms with Gasteiger partial charge in [0.1, 0.15) is 6.04 Å². The van der Waals surface area contributed by atoms with Crippen molar-refractivity contribution in [1.29, 1.82) is 0 Å². The molecule has 2 amide bonds. The van der Waals surface area contributed by atoms with E-state index in [4.69, 9.17) is 16.6 Å². The van der Waals surface area contributed by atoms with Gasteiger partial charge < -0.3 is 14.4 Å². The molecule has 2 aromatic heterocycles. The van der Waals surface area contributed by atoms with Crippen molar-refractivity contribution >= 4 is 39.3 Å². The number of nitrogens with zero attached hydrogens (tertiary/aromatic N) is 6. The molecule has 0 bridgehead atoms. The highest BCUT2D eigenvalue weighted by atomic mass is 79.9. The van der Waals surface area contributed by atoms with Crippen LogP contribution < -0.4 is 0 Å². The van der Waals surface area contributed by atoms with Crippen LogP contribution in [0.5, 0.6) is 0 Å². The first-order chi connectivity index (χ1) is 23.1. The molecular weight excluding hydrogens is 688 g/mol. The van der Waals surface area contributed by atoms with Gasteiger partial charge in [-0.15, -0.1) is 0 Å². The highest BCUT2D eigenvalue weighted by Crippen LogP contribution is 2.39. The Hall–Kier alpha value is -3.53. The molecule has 0 radical (unpaired) electrons. The van der Waals surface area contributed by atoms with Crippen LogP contribution in [0.4, 0.5) is 0 Å². The van der Waals surface area contributed by atoms with Crippen LogP contribution in [0, 0.1) is 5.41 Å². The number of aryl methyl sites for hydroxylation is 3. The molecule has 252 valence electrons. The number of fused-ring (bicyclic) bond motifs is 2. The predicted octanol–water partition coefficient (Wildman–Crippen LogP) is 6.95. The van der Waals surface area contributed by atoms with E-state index in [2.05, 4.69) is 76.9 Å². The minimum atomic E-state index is -0.636. The molecular formula is C38H44BrClN6O2. The van der Waals surface area contributed by atoms with Gasteiger partial charge in [-0.2, -0.15) is 0 Å². The smallest absolute Gasteiger partial charge is 0.247 e. The van der Waals surface area contributed by atoms with Gasteiger partial charge in [0.15, 0.2) is 0 Å². The number of carbonyl (C=O) groups excluding carboxylic acids is 2. The van der Waals surface area contributed by atoms with Crippen LogP contribution in [0.3, 0.4) is 0 Å². The van der Waals surface area contributed by atoms with Gasteiger partial charge in [-0.1, -0.05) is 68.8 Å². The number of aromatic nitrogens is 3. The van der Waals surface area contributed by atoms with Crippen LogP contribution in [-0.4, -0.2) is 73.3 Å². The number of piperazine rings is 1. The zero-order chi connectivity index (χ0) is 33.8. The average molecular weight is 732 g/mol. The summed E-state index contributed by atoms with van der Waals surface area (Å²) in [6, 6.07) is 17.6. The molecule has 48 heavy (non-hydrogen) atoms. The normalized spacial score (nSPS) is 18.1. The number of rotatable bonds is 9. The fourth-order valence-electron chi connectivity index (χ4n) is 7.03. The third-order valence-electron chi connectivity index (χ3n) is 9.29. The van der Waals surface area contributed by atoms with E-state index in [1.807, 2.05) is 51.0 Å². The number of imidazole rings is 1. The van der Waals surface area contributed by atoms with E-state index in [0.29, 0.717) is 44.2 Å². The van der Waals surface area contributed by atoms with E-state index in [1.165, 1.54) is 11.1 Å². The molecule has 4 aromatic rings. The monoisotopic (exact) mass is 730 g/mol. The standard InChI is InChI=1S/C38H44BrClN6O2/c1-38(2,3)22-34(47)46-19-18-44(36-32-13-12-31(40)21-28(32)10-11-29-20-30(39)23-42-35(29)36)25-33(46)37(48)45(24-27-8-5-4-6-9-27)16-7-15-43-17-14-41-26-43/h4-6,8-9,12-14,17,20-21,23,26,33,36H,7,10-11,15-16,18-19,22,24-25H2,1-3H3/t33-,36+/m1/s1. The molecule has 3 heterocycles. The molecule has 1 aliphatic heterocycles. The first-order valence-corrected chi connectivity index (χ1v) is 18.0. The summed E-state index contributed by atoms with van der Waals surface area (Å²) in [6.07, 6.45) is 10.2. The lowest BCUT2D eigenvalue weighted by atomic mass is 9.90. The van der Waals surface area contributed by atoms with Crippen LogP contribution in [0.2, 0.25) is 5.02 Å².